The van der Waals surface area contributed by atoms with Crippen molar-refractivity contribution in [1.29, 1.82) is 0 Å². The van der Waals surface area contributed by atoms with E-state index in [0.717, 1.165) is 16.9 Å². The van der Waals surface area contributed by atoms with Gasteiger partial charge in [0, 0.05) is 29.5 Å². The first-order valence-corrected chi connectivity index (χ1v) is 8.85. The largest absolute Gasteiger partial charge is 0.497 e. The molecule has 4 rings (SSSR count). The first kappa shape index (κ1) is 18.4. The number of ether oxygens (including phenoxy) is 3. The number of nitrogens with zero attached hydrogens (tertiary/aromatic N) is 5. The van der Waals surface area contributed by atoms with E-state index >= 15 is 0 Å². The van der Waals surface area contributed by atoms with Crippen LogP contribution < -0.4 is 14.2 Å². The molecule has 146 valence electrons. The lowest BCUT2D eigenvalue weighted by Crippen LogP contribution is -2.01. The van der Waals surface area contributed by atoms with Crippen LogP contribution in [0.1, 0.15) is 0 Å². The summed E-state index contributed by atoms with van der Waals surface area (Å²) in [5.41, 5.74) is 3.14. The van der Waals surface area contributed by atoms with Gasteiger partial charge in [0.15, 0.2) is 0 Å². The van der Waals surface area contributed by atoms with Crippen molar-refractivity contribution in [3.63, 3.8) is 0 Å². The Balaban J connectivity index is 1.72. The second-order valence-corrected chi connectivity index (χ2v) is 6.07. The molecule has 29 heavy (non-hydrogen) atoms. The van der Waals surface area contributed by atoms with E-state index in [9.17, 15) is 0 Å². The lowest BCUT2D eigenvalue weighted by molar-refractivity contribution is 0.394. The molecule has 0 fully saturated rings. The van der Waals surface area contributed by atoms with Crippen molar-refractivity contribution < 1.29 is 14.2 Å². The van der Waals surface area contributed by atoms with E-state index in [1.54, 1.807) is 27.5 Å². The second-order valence-electron chi connectivity index (χ2n) is 6.07. The third-order valence-electron chi connectivity index (χ3n) is 4.42. The summed E-state index contributed by atoms with van der Waals surface area (Å²) in [4.78, 5) is 5.70. The normalized spacial score (nSPS) is 10.6. The van der Waals surface area contributed by atoms with Crippen LogP contribution in [0.15, 0.2) is 60.8 Å². The number of aromatic nitrogens is 5. The zero-order chi connectivity index (χ0) is 20.2. The van der Waals surface area contributed by atoms with Crippen molar-refractivity contribution in [3.05, 3.63) is 60.8 Å². The molecule has 8 nitrogen and oxygen atoms in total. The predicted octanol–water partition coefficient (Wildman–Crippen LogP) is 3.42. The van der Waals surface area contributed by atoms with E-state index in [0.29, 0.717) is 28.7 Å². The maximum Gasteiger partial charge on any atom is 0.223 e. The number of tetrazole rings is 1. The van der Waals surface area contributed by atoms with Gasteiger partial charge in [0.2, 0.25) is 5.82 Å². The zero-order valence-electron chi connectivity index (χ0n) is 16.2. The Bertz CT molecular complexity index is 1130. The maximum atomic E-state index is 5.62. The van der Waals surface area contributed by atoms with Gasteiger partial charge in [0.25, 0.3) is 0 Å². The van der Waals surface area contributed by atoms with Gasteiger partial charge >= 0.3 is 0 Å². The van der Waals surface area contributed by atoms with Crippen LogP contribution in [-0.2, 0) is 0 Å². The van der Waals surface area contributed by atoms with Crippen LogP contribution >= 0.6 is 0 Å². The Kier molecular flexibility index (Phi) is 5.07. The van der Waals surface area contributed by atoms with Crippen LogP contribution in [0, 0.1) is 0 Å². The summed E-state index contributed by atoms with van der Waals surface area (Å²) >= 11 is 0. The van der Waals surface area contributed by atoms with Gasteiger partial charge in [-0.3, -0.25) is 4.98 Å². The monoisotopic (exact) mass is 389 g/mol. The molecule has 0 radical (unpaired) electrons. The lowest BCUT2D eigenvalue weighted by atomic mass is 10.0. The van der Waals surface area contributed by atoms with Crippen LogP contribution in [-0.4, -0.2) is 46.5 Å². The summed E-state index contributed by atoms with van der Waals surface area (Å²) in [5, 5.41) is 12.6. The molecule has 4 aromatic rings. The Labute approximate surface area is 167 Å². The highest BCUT2D eigenvalue weighted by Crippen LogP contribution is 2.39. The molecule has 0 bridgehead atoms. The van der Waals surface area contributed by atoms with Gasteiger partial charge in [-0.2, -0.15) is 0 Å². The molecule has 0 saturated carbocycles. The molecule has 0 spiro atoms. The Morgan fingerprint density at radius 3 is 2.24 bits per heavy atom. The molecule has 0 N–H and O–H groups in total. The molecule has 0 atom stereocenters. The van der Waals surface area contributed by atoms with Crippen molar-refractivity contribution in [2.45, 2.75) is 0 Å². The number of methoxy groups -OCH3 is 3. The number of rotatable bonds is 6. The third-order valence-corrected chi connectivity index (χ3v) is 4.42. The molecule has 2 aromatic carbocycles. The smallest absolute Gasteiger partial charge is 0.223 e. The maximum absolute atomic E-state index is 5.62. The molecular formula is C21H19N5O3. The first-order valence-electron chi connectivity index (χ1n) is 8.85. The highest BCUT2D eigenvalue weighted by molar-refractivity contribution is 5.77. The van der Waals surface area contributed by atoms with Gasteiger partial charge < -0.3 is 14.2 Å². The standard InChI is InChI=1S/C21H19N5O3/c1-27-15-8-10-17(20(13-15)29-3)16-9-7-14(12-19(16)28-2)26-24-21(23-25-26)18-6-4-5-11-22-18/h4-13H,1-3H3. The van der Waals surface area contributed by atoms with Crippen LogP contribution in [0.5, 0.6) is 17.2 Å². The van der Waals surface area contributed by atoms with E-state index in [-0.39, 0.29) is 0 Å². The molecule has 0 amide bonds. The van der Waals surface area contributed by atoms with Crippen molar-refractivity contribution in [2.24, 2.45) is 0 Å². The van der Waals surface area contributed by atoms with Crippen molar-refractivity contribution in [1.82, 2.24) is 25.2 Å². The Morgan fingerprint density at radius 1 is 0.793 bits per heavy atom. The van der Waals surface area contributed by atoms with Gasteiger partial charge in [-0.05, 0) is 41.6 Å². The molecule has 2 heterocycles. The second kappa shape index (κ2) is 7.97. The van der Waals surface area contributed by atoms with E-state index < -0.39 is 0 Å². The average Bonchev–Trinajstić information content (AvgIpc) is 3.29. The van der Waals surface area contributed by atoms with Gasteiger partial charge in [0.05, 0.1) is 27.0 Å². The van der Waals surface area contributed by atoms with Crippen molar-refractivity contribution in [2.75, 3.05) is 21.3 Å². The third kappa shape index (κ3) is 3.60. The Morgan fingerprint density at radius 2 is 1.55 bits per heavy atom. The number of hydrogen-bond acceptors (Lipinski definition) is 7. The number of pyridine rings is 1. The van der Waals surface area contributed by atoms with E-state index in [1.165, 1.54) is 4.80 Å². The topological polar surface area (TPSA) is 84.2 Å². The summed E-state index contributed by atoms with van der Waals surface area (Å²) in [5.74, 6) is 2.51. The lowest BCUT2D eigenvalue weighted by Gasteiger charge is -2.14. The first-order chi connectivity index (χ1) is 14.2. The molecular weight excluding hydrogens is 370 g/mol. The molecule has 8 heteroatoms. The quantitative estimate of drug-likeness (QED) is 0.499. The SMILES string of the molecule is COc1ccc(-c2ccc(-n3nnc(-c4ccccn4)n3)cc2OC)c(OC)c1. The average molecular weight is 389 g/mol. The molecule has 2 aromatic heterocycles. The Hall–Kier alpha value is -3.94. The summed E-state index contributed by atoms with van der Waals surface area (Å²) < 4.78 is 16.4. The van der Waals surface area contributed by atoms with Gasteiger partial charge in [-0.25, -0.2) is 0 Å². The molecule has 0 aliphatic rings. The highest BCUT2D eigenvalue weighted by atomic mass is 16.5. The summed E-state index contributed by atoms with van der Waals surface area (Å²) in [6.07, 6.45) is 1.69. The number of hydrogen-bond donors (Lipinski definition) is 0. The zero-order valence-corrected chi connectivity index (χ0v) is 16.2. The molecule has 0 aliphatic carbocycles. The van der Waals surface area contributed by atoms with Crippen LogP contribution in [0.4, 0.5) is 0 Å². The van der Waals surface area contributed by atoms with E-state index in [2.05, 4.69) is 20.4 Å². The summed E-state index contributed by atoms with van der Waals surface area (Å²) in [6.45, 7) is 0. The fraction of sp³-hybridized carbons (Fsp3) is 0.143. The fourth-order valence-corrected chi connectivity index (χ4v) is 2.97. The van der Waals surface area contributed by atoms with Crippen molar-refractivity contribution >= 4 is 0 Å². The predicted molar refractivity (Wildman–Crippen MR) is 107 cm³/mol. The van der Waals surface area contributed by atoms with Gasteiger partial charge in [-0.1, -0.05) is 6.07 Å². The number of benzene rings is 2. The minimum Gasteiger partial charge on any atom is -0.497 e. The molecule has 0 unspecified atom stereocenters. The summed E-state index contributed by atoms with van der Waals surface area (Å²) in [7, 11) is 4.86. The molecule has 0 saturated heterocycles. The van der Waals surface area contributed by atoms with Crippen molar-refractivity contribution in [3.8, 4) is 45.6 Å². The van der Waals surface area contributed by atoms with Gasteiger partial charge in [-0.15, -0.1) is 15.0 Å². The van der Waals surface area contributed by atoms with Crippen LogP contribution in [0.3, 0.4) is 0 Å². The highest BCUT2D eigenvalue weighted by Gasteiger charge is 2.15. The van der Waals surface area contributed by atoms with E-state index in [4.69, 9.17) is 14.2 Å². The minimum absolute atomic E-state index is 0.450. The van der Waals surface area contributed by atoms with Crippen LogP contribution in [0.25, 0.3) is 28.3 Å². The summed E-state index contributed by atoms with van der Waals surface area (Å²) in [6, 6.07) is 16.9. The van der Waals surface area contributed by atoms with Crippen LogP contribution in [0.2, 0.25) is 0 Å². The fourth-order valence-electron chi connectivity index (χ4n) is 2.97. The van der Waals surface area contributed by atoms with Gasteiger partial charge in [0.1, 0.15) is 22.9 Å². The minimum atomic E-state index is 0.450. The van der Waals surface area contributed by atoms with E-state index in [1.807, 2.05) is 54.6 Å². The molecule has 0 aliphatic heterocycles.